The number of aromatic nitrogens is 1. The molecule has 0 spiro atoms. The maximum Gasteiger partial charge on any atom is 0.0797 e. The van der Waals surface area contributed by atoms with E-state index in [9.17, 15) is 0 Å². The lowest BCUT2D eigenvalue weighted by Crippen LogP contribution is -2.44. The molecule has 78 valence electrons. The number of aryl methyl sites for hydroxylation is 1. The SMILES string of the molecule is CCCN(N)C1CCc2ncsc2C1. The fourth-order valence-corrected chi connectivity index (χ4v) is 2.89. The van der Waals surface area contributed by atoms with Crippen LogP contribution in [0.5, 0.6) is 0 Å². The summed E-state index contributed by atoms with van der Waals surface area (Å²) < 4.78 is 0. The van der Waals surface area contributed by atoms with Crippen molar-refractivity contribution in [1.29, 1.82) is 0 Å². The molecule has 0 radical (unpaired) electrons. The molecule has 3 nitrogen and oxygen atoms in total. The lowest BCUT2D eigenvalue weighted by molar-refractivity contribution is 0.184. The third-order valence-corrected chi connectivity index (χ3v) is 3.71. The summed E-state index contributed by atoms with van der Waals surface area (Å²) >= 11 is 1.77. The fraction of sp³-hybridized carbons (Fsp3) is 0.700. The topological polar surface area (TPSA) is 42.1 Å². The zero-order valence-corrected chi connectivity index (χ0v) is 9.39. The molecule has 0 fully saturated rings. The lowest BCUT2D eigenvalue weighted by atomic mass is 9.97. The van der Waals surface area contributed by atoms with Gasteiger partial charge in [0.15, 0.2) is 0 Å². The van der Waals surface area contributed by atoms with Crippen molar-refractivity contribution in [1.82, 2.24) is 9.99 Å². The Balaban J connectivity index is 2.00. The number of nitrogens with two attached hydrogens (primary N) is 1. The minimum atomic E-state index is 0.530. The number of hydrogen-bond donors (Lipinski definition) is 1. The first kappa shape index (κ1) is 10.1. The Labute approximate surface area is 88.9 Å². The number of hydrazine groups is 1. The molecule has 1 aromatic rings. The van der Waals surface area contributed by atoms with Crippen molar-refractivity contribution in [2.45, 2.75) is 38.6 Å². The van der Waals surface area contributed by atoms with Crippen molar-refractivity contribution in [3.63, 3.8) is 0 Å². The van der Waals surface area contributed by atoms with Gasteiger partial charge in [-0.15, -0.1) is 11.3 Å². The zero-order chi connectivity index (χ0) is 9.97. The van der Waals surface area contributed by atoms with E-state index < -0.39 is 0 Å². The highest BCUT2D eigenvalue weighted by Gasteiger charge is 2.23. The van der Waals surface area contributed by atoms with Gasteiger partial charge in [0, 0.05) is 23.9 Å². The Hall–Kier alpha value is -0.450. The van der Waals surface area contributed by atoms with Crippen LogP contribution in [0.1, 0.15) is 30.3 Å². The van der Waals surface area contributed by atoms with Crippen molar-refractivity contribution < 1.29 is 0 Å². The molecule has 0 amide bonds. The quantitative estimate of drug-likeness (QED) is 0.610. The van der Waals surface area contributed by atoms with E-state index in [1.807, 2.05) is 10.5 Å². The molecule has 0 aliphatic heterocycles. The fourth-order valence-electron chi connectivity index (χ4n) is 2.01. The summed E-state index contributed by atoms with van der Waals surface area (Å²) in [6.07, 6.45) is 4.48. The number of thiazole rings is 1. The molecule has 0 bridgehead atoms. The van der Waals surface area contributed by atoms with Crippen molar-refractivity contribution in [3.8, 4) is 0 Å². The minimum Gasteiger partial charge on any atom is -0.269 e. The molecular weight excluding hydrogens is 194 g/mol. The van der Waals surface area contributed by atoms with Crippen LogP contribution >= 0.6 is 11.3 Å². The molecule has 2 rings (SSSR count). The van der Waals surface area contributed by atoms with Crippen LogP contribution in [-0.2, 0) is 12.8 Å². The second-order valence-corrected chi connectivity index (χ2v) is 4.80. The van der Waals surface area contributed by atoms with E-state index in [1.165, 1.54) is 10.6 Å². The van der Waals surface area contributed by atoms with Crippen LogP contribution in [0, 0.1) is 0 Å². The van der Waals surface area contributed by atoms with Crippen LogP contribution in [0.3, 0.4) is 0 Å². The summed E-state index contributed by atoms with van der Waals surface area (Å²) in [5.74, 6) is 6.00. The molecule has 1 heterocycles. The average molecular weight is 211 g/mol. The minimum absolute atomic E-state index is 0.530. The van der Waals surface area contributed by atoms with Gasteiger partial charge in [-0.05, 0) is 19.3 Å². The van der Waals surface area contributed by atoms with Crippen LogP contribution in [-0.4, -0.2) is 22.6 Å². The molecule has 2 N–H and O–H groups in total. The van der Waals surface area contributed by atoms with Crippen molar-refractivity contribution in [2.24, 2.45) is 5.84 Å². The van der Waals surface area contributed by atoms with Gasteiger partial charge in [0.25, 0.3) is 0 Å². The van der Waals surface area contributed by atoms with E-state index in [-0.39, 0.29) is 0 Å². The Bertz CT molecular complexity index is 297. The lowest BCUT2D eigenvalue weighted by Gasteiger charge is -2.29. The van der Waals surface area contributed by atoms with Crippen LogP contribution < -0.4 is 5.84 Å². The third kappa shape index (κ3) is 1.97. The molecule has 1 atom stereocenters. The van der Waals surface area contributed by atoms with E-state index in [2.05, 4.69) is 11.9 Å². The van der Waals surface area contributed by atoms with Crippen molar-refractivity contribution in [3.05, 3.63) is 16.1 Å². The molecule has 14 heavy (non-hydrogen) atoms. The highest BCUT2D eigenvalue weighted by molar-refractivity contribution is 7.09. The van der Waals surface area contributed by atoms with E-state index in [4.69, 9.17) is 5.84 Å². The van der Waals surface area contributed by atoms with Crippen LogP contribution in [0.4, 0.5) is 0 Å². The second-order valence-electron chi connectivity index (χ2n) is 3.86. The second kappa shape index (κ2) is 4.38. The van der Waals surface area contributed by atoms with Crippen LogP contribution in [0.25, 0.3) is 0 Å². The summed E-state index contributed by atoms with van der Waals surface area (Å²) in [7, 11) is 0. The van der Waals surface area contributed by atoms with Crippen LogP contribution in [0.15, 0.2) is 5.51 Å². The van der Waals surface area contributed by atoms with Crippen molar-refractivity contribution in [2.75, 3.05) is 6.54 Å². The Morgan fingerprint density at radius 1 is 1.71 bits per heavy atom. The maximum absolute atomic E-state index is 6.00. The predicted octanol–water partition coefficient (Wildman–Crippen LogP) is 1.59. The molecule has 1 aromatic heterocycles. The first-order valence-corrected chi connectivity index (χ1v) is 6.11. The maximum atomic E-state index is 6.00. The summed E-state index contributed by atoms with van der Waals surface area (Å²) in [4.78, 5) is 5.79. The van der Waals surface area contributed by atoms with E-state index in [0.29, 0.717) is 6.04 Å². The van der Waals surface area contributed by atoms with Gasteiger partial charge in [-0.3, -0.25) is 5.84 Å². The number of fused-ring (bicyclic) bond motifs is 1. The highest BCUT2D eigenvalue weighted by Crippen LogP contribution is 2.25. The van der Waals surface area contributed by atoms with Crippen LogP contribution in [0.2, 0.25) is 0 Å². The van der Waals surface area contributed by atoms with Gasteiger partial charge in [-0.1, -0.05) is 6.92 Å². The monoisotopic (exact) mass is 211 g/mol. The first-order valence-electron chi connectivity index (χ1n) is 5.23. The third-order valence-electron chi connectivity index (χ3n) is 2.81. The molecule has 1 aliphatic rings. The molecule has 4 heteroatoms. The number of rotatable bonds is 3. The molecule has 0 saturated carbocycles. The standard InChI is InChI=1S/C10H17N3S/c1-2-5-13(11)8-3-4-9-10(6-8)14-7-12-9/h7-8H,2-6,11H2,1H3. The molecule has 0 saturated heterocycles. The summed E-state index contributed by atoms with van der Waals surface area (Å²) in [6.45, 7) is 3.17. The largest absolute Gasteiger partial charge is 0.269 e. The molecule has 1 unspecified atom stereocenters. The van der Waals surface area contributed by atoms with Gasteiger partial charge in [0.2, 0.25) is 0 Å². The average Bonchev–Trinajstić information content (AvgIpc) is 2.64. The van der Waals surface area contributed by atoms with Crippen molar-refractivity contribution >= 4 is 11.3 Å². The Morgan fingerprint density at radius 3 is 3.36 bits per heavy atom. The molecule has 0 aromatic carbocycles. The first-order chi connectivity index (χ1) is 6.81. The Morgan fingerprint density at radius 2 is 2.57 bits per heavy atom. The van der Waals surface area contributed by atoms with Gasteiger partial charge >= 0.3 is 0 Å². The van der Waals surface area contributed by atoms with E-state index in [0.717, 1.165) is 32.2 Å². The van der Waals surface area contributed by atoms with Gasteiger partial charge < -0.3 is 0 Å². The Kier molecular flexibility index (Phi) is 3.15. The van der Waals surface area contributed by atoms with Gasteiger partial charge in [0.05, 0.1) is 11.2 Å². The van der Waals surface area contributed by atoms with Gasteiger partial charge in [0.1, 0.15) is 0 Å². The zero-order valence-electron chi connectivity index (χ0n) is 8.57. The normalized spacial score (nSPS) is 21.2. The highest BCUT2D eigenvalue weighted by atomic mass is 32.1. The smallest absolute Gasteiger partial charge is 0.0797 e. The van der Waals surface area contributed by atoms with E-state index >= 15 is 0 Å². The van der Waals surface area contributed by atoms with E-state index in [1.54, 1.807) is 11.3 Å². The van der Waals surface area contributed by atoms with Gasteiger partial charge in [-0.2, -0.15) is 0 Å². The molecule has 1 aliphatic carbocycles. The number of hydrogen-bond acceptors (Lipinski definition) is 4. The number of nitrogens with zero attached hydrogens (tertiary/aromatic N) is 2. The summed E-state index contributed by atoms with van der Waals surface area (Å²) in [5, 5.41) is 2.00. The molecular formula is C10H17N3S. The van der Waals surface area contributed by atoms with Gasteiger partial charge in [-0.25, -0.2) is 9.99 Å². The summed E-state index contributed by atoms with van der Waals surface area (Å²) in [5.41, 5.74) is 3.25. The summed E-state index contributed by atoms with van der Waals surface area (Å²) in [6, 6.07) is 0.530. The predicted molar refractivity (Wildman–Crippen MR) is 59.1 cm³/mol.